The van der Waals surface area contributed by atoms with E-state index in [1.54, 1.807) is 22.9 Å². The Morgan fingerprint density at radius 3 is 2.39 bits per heavy atom. The molecule has 1 aliphatic rings. The Bertz CT molecular complexity index is 1090. The first-order valence-electron chi connectivity index (χ1n) is 10.6. The fourth-order valence-corrected chi connectivity index (χ4v) is 3.90. The number of nitrogens with zero attached hydrogens (tertiary/aromatic N) is 3. The Hall–Kier alpha value is -3.38. The molecule has 1 amide bonds. The van der Waals surface area contributed by atoms with Crippen molar-refractivity contribution < 1.29 is 4.79 Å². The molecule has 160 valence electrons. The summed E-state index contributed by atoms with van der Waals surface area (Å²) in [6.45, 7) is 4.79. The summed E-state index contributed by atoms with van der Waals surface area (Å²) in [5.74, 6) is -0.347. The minimum absolute atomic E-state index is 0.163. The number of carbonyl (C=O) groups is 1. The molecular formula is C25H28N4O2. The molecule has 1 N–H and O–H groups in total. The first-order valence-corrected chi connectivity index (χ1v) is 10.6. The van der Waals surface area contributed by atoms with E-state index in [1.165, 1.54) is 0 Å². The van der Waals surface area contributed by atoms with Gasteiger partial charge in [-0.15, -0.1) is 0 Å². The number of rotatable bonds is 6. The van der Waals surface area contributed by atoms with Gasteiger partial charge in [-0.1, -0.05) is 48.5 Å². The van der Waals surface area contributed by atoms with Crippen LogP contribution >= 0.6 is 0 Å². The van der Waals surface area contributed by atoms with Crippen LogP contribution in [0.25, 0.3) is 0 Å². The molecule has 0 aliphatic carbocycles. The zero-order chi connectivity index (χ0) is 21.6. The average Bonchev–Trinajstić information content (AvgIpc) is 2.80. The van der Waals surface area contributed by atoms with Crippen molar-refractivity contribution in [2.24, 2.45) is 0 Å². The van der Waals surface area contributed by atoms with Crippen molar-refractivity contribution in [3.63, 3.8) is 0 Å². The third-order valence-corrected chi connectivity index (χ3v) is 5.74. The SMILES string of the molecule is CN1CCN(c2ccccc2CNC(=O)c2cccn(Cc3ccccc3)c2=O)CC1. The molecule has 0 radical (unpaired) electrons. The maximum absolute atomic E-state index is 12.9. The van der Waals surface area contributed by atoms with Crippen LogP contribution in [0.2, 0.25) is 0 Å². The normalized spacial score (nSPS) is 14.4. The summed E-state index contributed by atoms with van der Waals surface area (Å²) in [6, 6.07) is 21.2. The van der Waals surface area contributed by atoms with Crippen molar-refractivity contribution >= 4 is 11.6 Å². The van der Waals surface area contributed by atoms with Crippen molar-refractivity contribution in [1.29, 1.82) is 0 Å². The zero-order valence-electron chi connectivity index (χ0n) is 17.8. The van der Waals surface area contributed by atoms with E-state index < -0.39 is 0 Å². The quantitative estimate of drug-likeness (QED) is 0.671. The lowest BCUT2D eigenvalue weighted by molar-refractivity contribution is 0.0949. The molecule has 0 atom stereocenters. The van der Waals surface area contributed by atoms with Gasteiger partial charge in [-0.3, -0.25) is 9.59 Å². The molecule has 1 fully saturated rings. The van der Waals surface area contributed by atoms with Crippen LogP contribution in [0.3, 0.4) is 0 Å². The van der Waals surface area contributed by atoms with Crippen molar-refractivity contribution in [3.05, 3.63) is 100.0 Å². The highest BCUT2D eigenvalue weighted by Gasteiger charge is 2.18. The van der Waals surface area contributed by atoms with Gasteiger partial charge < -0.3 is 19.7 Å². The van der Waals surface area contributed by atoms with Gasteiger partial charge in [0.25, 0.3) is 11.5 Å². The van der Waals surface area contributed by atoms with Gasteiger partial charge in [0.05, 0.1) is 6.54 Å². The van der Waals surface area contributed by atoms with Crippen LogP contribution in [-0.2, 0) is 13.1 Å². The Morgan fingerprint density at radius 2 is 1.61 bits per heavy atom. The van der Waals surface area contributed by atoms with E-state index in [0.717, 1.165) is 43.0 Å². The van der Waals surface area contributed by atoms with Gasteiger partial charge in [0, 0.05) is 44.6 Å². The lowest BCUT2D eigenvalue weighted by Gasteiger charge is -2.35. The van der Waals surface area contributed by atoms with Gasteiger partial charge >= 0.3 is 0 Å². The molecule has 6 nitrogen and oxygen atoms in total. The molecule has 2 aromatic carbocycles. The summed E-state index contributed by atoms with van der Waals surface area (Å²) >= 11 is 0. The lowest BCUT2D eigenvalue weighted by atomic mass is 10.1. The predicted molar refractivity (Wildman–Crippen MR) is 124 cm³/mol. The highest BCUT2D eigenvalue weighted by atomic mass is 16.2. The summed E-state index contributed by atoms with van der Waals surface area (Å²) < 4.78 is 1.57. The van der Waals surface area contributed by atoms with Gasteiger partial charge in [-0.05, 0) is 36.4 Å². The van der Waals surface area contributed by atoms with Gasteiger partial charge in [-0.2, -0.15) is 0 Å². The van der Waals surface area contributed by atoms with Gasteiger partial charge in [0.15, 0.2) is 0 Å². The van der Waals surface area contributed by atoms with Gasteiger partial charge in [0.2, 0.25) is 0 Å². The predicted octanol–water partition coefficient (Wildman–Crippen LogP) is 2.58. The molecule has 0 saturated carbocycles. The molecule has 1 aliphatic heterocycles. The number of aromatic nitrogens is 1. The second-order valence-corrected chi connectivity index (χ2v) is 7.94. The number of pyridine rings is 1. The van der Waals surface area contributed by atoms with Crippen LogP contribution in [-0.4, -0.2) is 48.6 Å². The molecule has 3 aromatic rings. The molecule has 1 aromatic heterocycles. The van der Waals surface area contributed by atoms with Crippen LogP contribution in [0.4, 0.5) is 5.69 Å². The van der Waals surface area contributed by atoms with Gasteiger partial charge in [-0.25, -0.2) is 0 Å². The van der Waals surface area contributed by atoms with Crippen molar-refractivity contribution in [2.45, 2.75) is 13.1 Å². The van der Waals surface area contributed by atoms with Crippen molar-refractivity contribution in [3.8, 4) is 0 Å². The van der Waals surface area contributed by atoms with Crippen molar-refractivity contribution in [1.82, 2.24) is 14.8 Å². The van der Waals surface area contributed by atoms with Crippen LogP contribution < -0.4 is 15.8 Å². The second kappa shape index (κ2) is 9.62. The number of hydrogen-bond acceptors (Lipinski definition) is 4. The number of nitrogens with one attached hydrogen (secondary N) is 1. The number of anilines is 1. The van der Waals surface area contributed by atoms with E-state index in [0.29, 0.717) is 13.1 Å². The molecule has 6 heteroatoms. The molecule has 2 heterocycles. The van der Waals surface area contributed by atoms with E-state index in [-0.39, 0.29) is 17.0 Å². The number of carbonyl (C=O) groups excluding carboxylic acids is 1. The highest BCUT2D eigenvalue weighted by Crippen LogP contribution is 2.21. The molecule has 0 bridgehead atoms. The largest absolute Gasteiger partial charge is 0.369 e. The molecular weight excluding hydrogens is 388 g/mol. The molecule has 4 rings (SSSR count). The Morgan fingerprint density at radius 1 is 0.903 bits per heavy atom. The summed E-state index contributed by atoms with van der Waals surface area (Å²) in [7, 11) is 2.13. The first kappa shape index (κ1) is 20.9. The lowest BCUT2D eigenvalue weighted by Crippen LogP contribution is -2.45. The third-order valence-electron chi connectivity index (χ3n) is 5.74. The number of likely N-dealkylation sites (N-methyl/N-ethyl adjacent to an activating group) is 1. The molecule has 0 unspecified atom stereocenters. The van der Waals surface area contributed by atoms with Crippen LogP contribution in [0.5, 0.6) is 0 Å². The van der Waals surface area contributed by atoms with Crippen LogP contribution in [0.15, 0.2) is 77.7 Å². The Balaban J connectivity index is 1.46. The third kappa shape index (κ3) is 5.03. The maximum Gasteiger partial charge on any atom is 0.263 e. The Labute approximate surface area is 182 Å². The number of para-hydroxylation sites is 1. The minimum Gasteiger partial charge on any atom is -0.369 e. The number of amides is 1. The van der Waals surface area contributed by atoms with E-state index >= 15 is 0 Å². The van der Waals surface area contributed by atoms with E-state index in [2.05, 4.69) is 28.2 Å². The number of benzene rings is 2. The summed E-state index contributed by atoms with van der Waals surface area (Å²) in [5.41, 5.74) is 3.10. The summed E-state index contributed by atoms with van der Waals surface area (Å²) in [5, 5.41) is 2.95. The molecule has 31 heavy (non-hydrogen) atoms. The molecule has 1 saturated heterocycles. The highest BCUT2D eigenvalue weighted by molar-refractivity contribution is 5.93. The number of hydrogen-bond donors (Lipinski definition) is 1. The van der Waals surface area contributed by atoms with Crippen molar-refractivity contribution in [2.75, 3.05) is 38.1 Å². The Kier molecular flexibility index (Phi) is 6.48. The monoisotopic (exact) mass is 416 g/mol. The molecule has 0 spiro atoms. The van der Waals surface area contributed by atoms with E-state index in [4.69, 9.17) is 0 Å². The average molecular weight is 417 g/mol. The smallest absolute Gasteiger partial charge is 0.263 e. The second-order valence-electron chi connectivity index (χ2n) is 7.94. The first-order chi connectivity index (χ1) is 15.1. The van der Waals surface area contributed by atoms with E-state index in [9.17, 15) is 9.59 Å². The minimum atomic E-state index is -0.347. The van der Waals surface area contributed by atoms with Crippen LogP contribution in [0.1, 0.15) is 21.5 Å². The zero-order valence-corrected chi connectivity index (χ0v) is 17.8. The fourth-order valence-electron chi connectivity index (χ4n) is 3.90. The standard InChI is InChI=1S/C25H28N4O2/c1-27-14-16-28(17-15-27)23-12-6-5-10-21(23)18-26-24(30)22-11-7-13-29(25(22)31)19-20-8-3-2-4-9-20/h2-13H,14-19H2,1H3,(H,26,30). The fraction of sp³-hybridized carbons (Fsp3) is 0.280. The number of piperazine rings is 1. The van der Waals surface area contributed by atoms with Crippen LogP contribution in [0, 0.1) is 0 Å². The topological polar surface area (TPSA) is 57.6 Å². The summed E-state index contributed by atoms with van der Waals surface area (Å²) in [4.78, 5) is 30.4. The summed E-state index contributed by atoms with van der Waals surface area (Å²) in [6.07, 6.45) is 1.72. The van der Waals surface area contributed by atoms with Gasteiger partial charge in [0.1, 0.15) is 5.56 Å². The van der Waals surface area contributed by atoms with E-state index in [1.807, 2.05) is 48.5 Å². The maximum atomic E-state index is 12.9.